The van der Waals surface area contributed by atoms with Crippen molar-refractivity contribution in [2.75, 3.05) is 57.3 Å². The van der Waals surface area contributed by atoms with Crippen LogP contribution in [0.4, 0.5) is 14.6 Å². The third-order valence-electron chi connectivity index (χ3n) is 13.0. The van der Waals surface area contributed by atoms with E-state index in [0.717, 1.165) is 71.4 Å². The van der Waals surface area contributed by atoms with Crippen molar-refractivity contribution in [2.24, 2.45) is 23.7 Å². The van der Waals surface area contributed by atoms with E-state index in [1.165, 1.54) is 26.1 Å². The fraction of sp³-hybridized carbons (Fsp3) is 0.512. The van der Waals surface area contributed by atoms with Gasteiger partial charge in [0.25, 0.3) is 12.3 Å². The number of carbonyl (C=O) groups excluding carboxylic acids is 3. The van der Waals surface area contributed by atoms with Crippen molar-refractivity contribution >= 4 is 46.4 Å². The van der Waals surface area contributed by atoms with E-state index in [0.29, 0.717) is 47.1 Å². The first-order valence-electron chi connectivity index (χ1n) is 21.3. The molecular weight excluding hydrogens is 803 g/mol. The van der Waals surface area contributed by atoms with Gasteiger partial charge in [-0.15, -0.1) is 0 Å². The number of amides is 3. The van der Waals surface area contributed by atoms with Gasteiger partial charge < -0.3 is 25.6 Å². The van der Waals surface area contributed by atoms with Crippen LogP contribution in [0, 0.1) is 17.8 Å². The van der Waals surface area contributed by atoms with Crippen LogP contribution in [0.3, 0.4) is 0 Å². The largest absolute Gasteiger partial charge is 0.396 e. The number of nitrogens with zero attached hydrogens (tertiary/aromatic N) is 9. The van der Waals surface area contributed by atoms with Crippen LogP contribution in [0.1, 0.15) is 66.9 Å². The molecule has 4 aromatic rings. The highest BCUT2D eigenvalue weighted by Gasteiger charge is 2.40. The minimum Gasteiger partial charge on any atom is -0.396 e. The second-order valence-corrected chi connectivity index (χ2v) is 16.9. The molecule has 17 nitrogen and oxygen atoms in total. The maximum Gasteiger partial charge on any atom is 0.329 e. The molecule has 5 aliphatic rings. The molecule has 3 atom stereocenters. The molecule has 0 spiro atoms. The second-order valence-electron chi connectivity index (χ2n) is 16.9. The number of nitrogens with two attached hydrogens (primary N) is 1. The number of aryl methyl sites for hydroxylation is 1. The van der Waals surface area contributed by atoms with Crippen LogP contribution in [0.5, 0.6) is 0 Å². The van der Waals surface area contributed by atoms with Gasteiger partial charge in [-0.2, -0.15) is 5.10 Å². The summed E-state index contributed by atoms with van der Waals surface area (Å²) in [4.78, 5) is 67.4. The fourth-order valence-corrected chi connectivity index (χ4v) is 9.51. The number of anilines is 1. The number of nitrogens with one attached hydrogen (secondary N) is 2. The van der Waals surface area contributed by atoms with Crippen molar-refractivity contribution in [2.45, 2.75) is 75.6 Å². The minimum atomic E-state index is -2.99. The zero-order valence-corrected chi connectivity index (χ0v) is 34.5. The molecule has 9 rings (SSSR count). The number of aliphatic imine (C=N–C) groups is 1. The number of allylic oxidation sites excluding steroid dienone is 2. The number of piperazine rings is 1. The number of ether oxygens (including phenoxy) is 1. The van der Waals surface area contributed by atoms with E-state index in [1.54, 1.807) is 19.3 Å². The van der Waals surface area contributed by atoms with E-state index in [-0.39, 0.29) is 53.9 Å². The van der Waals surface area contributed by atoms with Crippen LogP contribution in [-0.4, -0.2) is 135 Å². The number of fused-ring (bicyclic) bond motifs is 4. The van der Waals surface area contributed by atoms with Crippen LogP contribution in [0.25, 0.3) is 16.7 Å². The van der Waals surface area contributed by atoms with Gasteiger partial charge in [0.1, 0.15) is 23.1 Å². The average molecular weight is 853 g/mol. The molecule has 4 N–H and O–H groups in total. The Hall–Kier alpha value is -5.97. The molecular formula is C43H50F2N12O5. The molecule has 0 radical (unpaired) electrons. The Morgan fingerprint density at radius 2 is 1.89 bits per heavy atom. The predicted molar refractivity (Wildman–Crippen MR) is 226 cm³/mol. The summed E-state index contributed by atoms with van der Waals surface area (Å²) in [6.07, 6.45) is 6.42. The number of hydrogen-bond acceptors (Lipinski definition) is 12. The molecule has 2 bridgehead atoms. The van der Waals surface area contributed by atoms with Gasteiger partial charge in [0.05, 0.1) is 59.8 Å². The molecule has 1 aromatic carbocycles. The molecule has 1 aliphatic carbocycles. The lowest BCUT2D eigenvalue weighted by atomic mass is 9.86. The first-order chi connectivity index (χ1) is 30.0. The van der Waals surface area contributed by atoms with Crippen molar-refractivity contribution in [3.63, 3.8) is 0 Å². The Labute approximate surface area is 355 Å². The van der Waals surface area contributed by atoms with Crippen molar-refractivity contribution < 1.29 is 27.9 Å². The van der Waals surface area contributed by atoms with Crippen LogP contribution < -0.4 is 27.0 Å². The monoisotopic (exact) mass is 852 g/mol. The highest BCUT2D eigenvalue weighted by Crippen LogP contribution is 2.32. The lowest BCUT2D eigenvalue weighted by Gasteiger charge is -2.37. The van der Waals surface area contributed by atoms with Gasteiger partial charge in [0, 0.05) is 65.1 Å². The highest BCUT2D eigenvalue weighted by molar-refractivity contribution is 6.03. The maximum absolute atomic E-state index is 13.9. The molecule has 326 valence electrons. The zero-order chi connectivity index (χ0) is 43.1. The van der Waals surface area contributed by atoms with Crippen molar-refractivity contribution in [1.29, 1.82) is 0 Å². The summed E-state index contributed by atoms with van der Waals surface area (Å²) < 4.78 is 38.0. The van der Waals surface area contributed by atoms with E-state index in [4.69, 9.17) is 15.5 Å². The lowest BCUT2D eigenvalue weighted by molar-refractivity contribution is -0.135. The Balaban J connectivity index is 0.755. The van der Waals surface area contributed by atoms with Crippen molar-refractivity contribution in [1.82, 2.24) is 44.2 Å². The molecule has 5 fully saturated rings. The number of halogens is 2. The van der Waals surface area contributed by atoms with E-state index >= 15 is 0 Å². The summed E-state index contributed by atoms with van der Waals surface area (Å²) in [5.74, 6) is 6.30. The highest BCUT2D eigenvalue weighted by atomic mass is 19.3. The number of imide groups is 1. The topological polar surface area (TPSA) is 190 Å². The number of para-hydroxylation sites is 1. The normalized spacial score (nSPS) is 25.2. The smallest absolute Gasteiger partial charge is 0.329 e. The van der Waals surface area contributed by atoms with Crippen LogP contribution in [-0.2, 0) is 21.4 Å². The van der Waals surface area contributed by atoms with Crippen molar-refractivity contribution in [3.8, 4) is 11.8 Å². The quantitative estimate of drug-likeness (QED) is 0.120. The van der Waals surface area contributed by atoms with E-state index < -0.39 is 30.0 Å². The minimum absolute atomic E-state index is 0.0794. The number of imidazole rings is 1. The van der Waals surface area contributed by atoms with Gasteiger partial charge in [-0.1, -0.05) is 17.9 Å². The molecule has 4 aliphatic heterocycles. The molecule has 1 unspecified atom stereocenters. The van der Waals surface area contributed by atoms with Crippen molar-refractivity contribution in [3.05, 3.63) is 69.7 Å². The summed E-state index contributed by atoms with van der Waals surface area (Å²) in [6.45, 7) is 6.47. The van der Waals surface area contributed by atoms with Gasteiger partial charge in [-0.25, -0.2) is 23.1 Å². The molecule has 1 saturated carbocycles. The predicted octanol–water partition coefficient (Wildman–Crippen LogP) is 1.80. The molecule has 3 aromatic heterocycles. The number of aromatic nitrogens is 5. The number of morpholine rings is 1. The fourth-order valence-electron chi connectivity index (χ4n) is 9.51. The lowest BCUT2D eigenvalue weighted by Crippen LogP contribution is -2.48. The summed E-state index contributed by atoms with van der Waals surface area (Å²) in [7, 11) is 1.67. The second kappa shape index (κ2) is 17.4. The van der Waals surface area contributed by atoms with Gasteiger partial charge in [0.15, 0.2) is 5.65 Å². The Morgan fingerprint density at radius 3 is 2.61 bits per heavy atom. The SMILES string of the molecule is Cn1c(=O)n(C2CCC(=O)NC2=O)c2cccc(C#CCN3CCN(CC4CCC(N=C/C(NC(=O)c5cnn6ccc(N7C[C@@H]8C[C@H]7CO8)nc56)=C(\N)C(F)F)CC4)CC3)c21. The first-order valence-corrected chi connectivity index (χ1v) is 21.3. The molecule has 62 heavy (non-hydrogen) atoms. The average Bonchev–Trinajstić information content (AvgIpc) is 4.07. The first kappa shape index (κ1) is 41.4. The molecule has 3 amide bonds. The number of hydrogen-bond donors (Lipinski definition) is 3. The van der Waals surface area contributed by atoms with Crippen LogP contribution in [0.2, 0.25) is 0 Å². The van der Waals surface area contributed by atoms with Gasteiger partial charge in [-0.3, -0.25) is 38.7 Å². The zero-order valence-electron chi connectivity index (χ0n) is 34.5. The third-order valence-corrected chi connectivity index (χ3v) is 13.0. The third kappa shape index (κ3) is 8.33. The molecule has 7 heterocycles. The number of carbonyl (C=O) groups is 3. The summed E-state index contributed by atoms with van der Waals surface area (Å²) in [5, 5.41) is 9.16. The van der Waals surface area contributed by atoms with E-state index in [1.807, 2.05) is 18.2 Å². The summed E-state index contributed by atoms with van der Waals surface area (Å²) in [6, 6.07) is 6.75. The summed E-state index contributed by atoms with van der Waals surface area (Å²) >= 11 is 0. The number of rotatable bonds is 10. The van der Waals surface area contributed by atoms with Gasteiger partial charge in [-0.05, 0) is 62.6 Å². The van der Waals surface area contributed by atoms with Crippen LogP contribution in [0.15, 0.2) is 57.8 Å². The Bertz CT molecular complexity index is 2570. The van der Waals surface area contributed by atoms with Gasteiger partial charge >= 0.3 is 5.69 Å². The number of alkyl halides is 2. The standard InChI is InChI=1S/C43H50F2N12O5/c1-52-38-27(4-2-6-33(38)57(43(52)61)34-11-12-36(58)51-42(34)60)5-3-14-53-16-18-54(19-17-53)23-26-7-9-28(10-8-26)47-22-32(37(46)39(44)45)49-41(59)31-21-48-56-15-13-35(50-40(31)56)55-24-30-20-29(55)25-62-30/h2,4,6,13,15,21-22,26,28-30,34,39H,7-12,14,16-20,23-25,46H2,1H3,(H,49,59)(H,51,58,60)/b37-32+,47-22?/t26?,28?,29-,30-,34?/m0/s1. The van der Waals surface area contributed by atoms with E-state index in [9.17, 15) is 28.0 Å². The maximum atomic E-state index is 13.9. The molecule has 19 heteroatoms. The van der Waals surface area contributed by atoms with Gasteiger partial charge in [0.2, 0.25) is 11.8 Å². The molecule has 4 saturated heterocycles. The Morgan fingerprint density at radius 1 is 1.10 bits per heavy atom. The Kier molecular flexibility index (Phi) is 11.6. The van der Waals surface area contributed by atoms with E-state index in [2.05, 4.69) is 47.3 Å². The number of piperidine rings is 1. The number of benzene rings is 1. The summed E-state index contributed by atoms with van der Waals surface area (Å²) in [5.41, 5.74) is 6.92. The van der Waals surface area contributed by atoms with Crippen LogP contribution >= 0.6 is 0 Å².